The zero-order valence-electron chi connectivity index (χ0n) is 17.4. The van der Waals surface area contributed by atoms with Gasteiger partial charge in [-0.05, 0) is 62.5 Å². The molecule has 2 saturated heterocycles. The molecule has 1 aromatic carbocycles. The molecule has 0 atom stereocenters. The Labute approximate surface area is 191 Å². The molecule has 0 aliphatic carbocycles. The lowest BCUT2D eigenvalue weighted by atomic mass is 9.93. The molecule has 0 aromatic heterocycles. The molecule has 2 amide bonds. The predicted octanol–water partition coefficient (Wildman–Crippen LogP) is 2.31. The molecule has 7 nitrogen and oxygen atoms in total. The number of nitrogens with one attached hydrogen (secondary N) is 3. The minimum Gasteiger partial charge on any atom is -0.379 e. The first-order valence-electron chi connectivity index (χ1n) is 10.4. The third-order valence-corrected chi connectivity index (χ3v) is 5.49. The number of nitrogens with zero attached hydrogens (tertiary/aromatic N) is 1. The van der Waals surface area contributed by atoms with Gasteiger partial charge in [-0.2, -0.15) is 0 Å². The Kier molecular flexibility index (Phi) is 13.0. The van der Waals surface area contributed by atoms with Crippen LogP contribution in [0.1, 0.15) is 36.0 Å². The number of hydrogen-bond acceptors (Lipinski definition) is 5. The van der Waals surface area contributed by atoms with Gasteiger partial charge in [0.05, 0.1) is 13.2 Å². The molecule has 2 aliphatic rings. The van der Waals surface area contributed by atoms with Crippen LogP contribution in [0.3, 0.4) is 0 Å². The number of carbonyl (C=O) groups excluding carboxylic acids is 2. The third-order valence-electron chi connectivity index (χ3n) is 5.49. The van der Waals surface area contributed by atoms with Gasteiger partial charge in [-0.1, -0.05) is 0 Å². The highest BCUT2D eigenvalue weighted by Crippen LogP contribution is 2.18. The summed E-state index contributed by atoms with van der Waals surface area (Å²) in [5, 5.41) is 9.22. The topological polar surface area (TPSA) is 82.7 Å². The number of benzene rings is 1. The average molecular weight is 461 g/mol. The molecule has 3 N–H and O–H groups in total. The van der Waals surface area contributed by atoms with Gasteiger partial charge < -0.3 is 20.7 Å². The van der Waals surface area contributed by atoms with E-state index >= 15 is 0 Å². The van der Waals surface area contributed by atoms with E-state index in [1.807, 2.05) is 0 Å². The van der Waals surface area contributed by atoms with Gasteiger partial charge in [0.25, 0.3) is 5.91 Å². The fraction of sp³-hybridized carbons (Fsp3) is 0.619. The smallest absolute Gasteiger partial charge is 0.251 e. The summed E-state index contributed by atoms with van der Waals surface area (Å²) < 4.78 is 5.32. The first-order chi connectivity index (χ1) is 13.7. The maximum Gasteiger partial charge on any atom is 0.251 e. The summed E-state index contributed by atoms with van der Waals surface area (Å²) in [4.78, 5) is 26.7. The Balaban J connectivity index is 0.00000225. The summed E-state index contributed by atoms with van der Waals surface area (Å²) in [5.41, 5.74) is 1.34. The van der Waals surface area contributed by atoms with E-state index in [9.17, 15) is 9.59 Å². The van der Waals surface area contributed by atoms with Crippen LogP contribution in [0.15, 0.2) is 24.3 Å². The maximum absolute atomic E-state index is 12.3. The van der Waals surface area contributed by atoms with Gasteiger partial charge in [0, 0.05) is 43.9 Å². The first-order valence-corrected chi connectivity index (χ1v) is 10.4. The lowest BCUT2D eigenvalue weighted by molar-refractivity contribution is -0.116. The Morgan fingerprint density at radius 3 is 2.40 bits per heavy atom. The molecule has 30 heavy (non-hydrogen) atoms. The minimum absolute atomic E-state index is 0. The number of amides is 2. The molecule has 0 spiro atoms. The first kappa shape index (κ1) is 26.7. The van der Waals surface area contributed by atoms with E-state index in [4.69, 9.17) is 4.74 Å². The van der Waals surface area contributed by atoms with Gasteiger partial charge in [-0.15, -0.1) is 24.8 Å². The lowest BCUT2D eigenvalue weighted by Crippen LogP contribution is -2.41. The van der Waals surface area contributed by atoms with Crippen molar-refractivity contribution in [3.05, 3.63) is 29.8 Å². The van der Waals surface area contributed by atoms with E-state index in [2.05, 4.69) is 20.9 Å². The average Bonchev–Trinajstić information content (AvgIpc) is 2.74. The van der Waals surface area contributed by atoms with Crippen LogP contribution in [-0.4, -0.2) is 69.2 Å². The van der Waals surface area contributed by atoms with Crippen LogP contribution in [-0.2, 0) is 9.53 Å². The molecule has 3 rings (SSSR count). The quantitative estimate of drug-likeness (QED) is 0.554. The van der Waals surface area contributed by atoms with E-state index in [1.54, 1.807) is 24.3 Å². The monoisotopic (exact) mass is 460 g/mol. The number of piperidine rings is 1. The van der Waals surface area contributed by atoms with E-state index in [0.717, 1.165) is 70.9 Å². The van der Waals surface area contributed by atoms with Gasteiger partial charge in [-0.25, -0.2) is 0 Å². The molecule has 9 heteroatoms. The molecule has 170 valence electrons. The van der Waals surface area contributed by atoms with E-state index in [-0.39, 0.29) is 36.6 Å². The second-order valence-electron chi connectivity index (χ2n) is 7.57. The van der Waals surface area contributed by atoms with Crippen molar-refractivity contribution in [2.45, 2.75) is 25.7 Å². The number of ether oxygens (including phenoxy) is 1. The molecule has 0 saturated carbocycles. The highest BCUT2D eigenvalue weighted by Gasteiger charge is 2.15. The number of halogens is 2. The minimum atomic E-state index is -0.0861. The van der Waals surface area contributed by atoms with Crippen LogP contribution < -0.4 is 16.0 Å². The zero-order chi connectivity index (χ0) is 19.6. The third kappa shape index (κ3) is 9.18. The van der Waals surface area contributed by atoms with E-state index in [0.29, 0.717) is 24.4 Å². The van der Waals surface area contributed by atoms with Crippen molar-refractivity contribution >= 4 is 42.3 Å². The van der Waals surface area contributed by atoms with E-state index < -0.39 is 0 Å². The zero-order valence-corrected chi connectivity index (χ0v) is 19.0. The van der Waals surface area contributed by atoms with Gasteiger partial charge >= 0.3 is 0 Å². The van der Waals surface area contributed by atoms with Crippen LogP contribution in [0.5, 0.6) is 0 Å². The highest BCUT2D eigenvalue weighted by molar-refractivity contribution is 5.95. The normalized spacial score (nSPS) is 17.3. The van der Waals surface area contributed by atoms with Crippen molar-refractivity contribution in [1.29, 1.82) is 0 Å². The standard InChI is InChI=1S/C21H32N4O3.2ClH/c26-20(6-1-17-7-9-22-10-8-17)24-19-4-2-18(3-5-19)21(27)23-11-12-25-13-15-28-16-14-25;;/h2-5,17,22H,1,6-16H2,(H,23,27)(H,24,26);2*1H. The van der Waals surface area contributed by atoms with Crippen LogP contribution in [0, 0.1) is 5.92 Å². The second kappa shape index (κ2) is 14.6. The molecule has 0 unspecified atom stereocenters. The van der Waals surface area contributed by atoms with Crippen molar-refractivity contribution in [3.63, 3.8) is 0 Å². The highest BCUT2D eigenvalue weighted by atomic mass is 35.5. The number of hydrogen-bond donors (Lipinski definition) is 3. The molecule has 0 radical (unpaired) electrons. The summed E-state index contributed by atoms with van der Waals surface area (Å²) in [7, 11) is 0. The lowest BCUT2D eigenvalue weighted by Gasteiger charge is -2.26. The molecule has 2 heterocycles. The summed E-state index contributed by atoms with van der Waals surface area (Å²) in [6.07, 6.45) is 3.80. The maximum atomic E-state index is 12.3. The summed E-state index contributed by atoms with van der Waals surface area (Å²) in [5.74, 6) is 0.605. The number of anilines is 1. The van der Waals surface area contributed by atoms with Crippen molar-refractivity contribution in [2.75, 3.05) is 57.8 Å². The second-order valence-corrected chi connectivity index (χ2v) is 7.57. The van der Waals surface area contributed by atoms with Crippen molar-refractivity contribution in [2.24, 2.45) is 5.92 Å². The van der Waals surface area contributed by atoms with Gasteiger partial charge in [0.15, 0.2) is 0 Å². The Morgan fingerprint density at radius 1 is 1.07 bits per heavy atom. The SMILES string of the molecule is Cl.Cl.O=C(CCC1CCNCC1)Nc1ccc(C(=O)NCCN2CCOCC2)cc1. The fourth-order valence-electron chi connectivity index (χ4n) is 3.69. The van der Waals surface area contributed by atoms with Crippen LogP contribution >= 0.6 is 24.8 Å². The van der Waals surface area contributed by atoms with Crippen molar-refractivity contribution in [1.82, 2.24) is 15.5 Å². The summed E-state index contributed by atoms with van der Waals surface area (Å²) in [6, 6.07) is 7.09. The van der Waals surface area contributed by atoms with Crippen LogP contribution in [0.2, 0.25) is 0 Å². The molecule has 2 aliphatic heterocycles. The van der Waals surface area contributed by atoms with Crippen molar-refractivity contribution in [3.8, 4) is 0 Å². The van der Waals surface area contributed by atoms with Crippen LogP contribution in [0.25, 0.3) is 0 Å². The Bertz CT molecular complexity index is 634. The summed E-state index contributed by atoms with van der Waals surface area (Å²) >= 11 is 0. The largest absolute Gasteiger partial charge is 0.379 e. The summed E-state index contributed by atoms with van der Waals surface area (Å²) in [6.45, 7) is 6.93. The molecular formula is C21H34Cl2N4O3. The molecule has 2 fully saturated rings. The molecule has 1 aromatic rings. The number of morpholine rings is 1. The number of carbonyl (C=O) groups is 2. The molecule has 0 bridgehead atoms. The van der Waals surface area contributed by atoms with Gasteiger partial charge in [-0.3, -0.25) is 14.5 Å². The fourth-order valence-corrected chi connectivity index (χ4v) is 3.69. The van der Waals surface area contributed by atoms with Gasteiger partial charge in [0.1, 0.15) is 0 Å². The van der Waals surface area contributed by atoms with E-state index in [1.165, 1.54) is 0 Å². The van der Waals surface area contributed by atoms with Gasteiger partial charge in [0.2, 0.25) is 5.91 Å². The predicted molar refractivity (Wildman–Crippen MR) is 124 cm³/mol. The van der Waals surface area contributed by atoms with Crippen molar-refractivity contribution < 1.29 is 14.3 Å². The molecular weight excluding hydrogens is 427 g/mol. The Hall–Kier alpha value is -1.38. The number of rotatable bonds is 8. The Morgan fingerprint density at radius 2 is 1.73 bits per heavy atom. The van der Waals surface area contributed by atoms with Crippen LogP contribution in [0.4, 0.5) is 5.69 Å².